The van der Waals surface area contributed by atoms with Gasteiger partial charge in [-0.3, -0.25) is 14.7 Å². The van der Waals surface area contributed by atoms with Crippen LogP contribution in [-0.2, 0) is 4.79 Å². The topological polar surface area (TPSA) is 74.0 Å². The largest absolute Gasteiger partial charge is 0.370 e. The number of likely N-dealkylation sites (tertiary alicyclic amines) is 1. The van der Waals surface area contributed by atoms with E-state index in [2.05, 4.69) is 40.9 Å². The molecule has 0 aromatic rings. The second-order valence-corrected chi connectivity index (χ2v) is 6.32. The highest BCUT2D eigenvalue weighted by Crippen LogP contribution is 2.19. The number of guanidine groups is 1. The van der Waals surface area contributed by atoms with Crippen molar-refractivity contribution in [1.29, 1.82) is 0 Å². The van der Waals surface area contributed by atoms with Crippen LogP contribution < -0.4 is 11.1 Å². The number of piperidine rings is 1. The van der Waals surface area contributed by atoms with E-state index in [1.165, 1.54) is 0 Å². The molecular weight excluding hydrogens is 405 g/mol. The normalized spacial score (nSPS) is 19.0. The van der Waals surface area contributed by atoms with Crippen LogP contribution in [0.1, 0.15) is 40.0 Å². The molecule has 1 unspecified atom stereocenters. The van der Waals surface area contributed by atoms with Crippen molar-refractivity contribution in [2.75, 3.05) is 39.8 Å². The molecule has 0 radical (unpaired) electrons. The van der Waals surface area contributed by atoms with Crippen LogP contribution in [0.2, 0.25) is 0 Å². The summed E-state index contributed by atoms with van der Waals surface area (Å²) in [7, 11) is 1.82. The van der Waals surface area contributed by atoms with Crippen LogP contribution >= 0.6 is 24.0 Å². The molecule has 0 aromatic carbocycles. The van der Waals surface area contributed by atoms with Crippen LogP contribution in [0.4, 0.5) is 0 Å². The minimum Gasteiger partial charge on any atom is -0.370 e. The molecule has 0 saturated carbocycles. The van der Waals surface area contributed by atoms with Crippen LogP contribution in [0, 0.1) is 5.92 Å². The van der Waals surface area contributed by atoms with E-state index in [4.69, 9.17) is 5.73 Å². The highest BCUT2D eigenvalue weighted by Gasteiger charge is 2.23. The summed E-state index contributed by atoms with van der Waals surface area (Å²) in [6.07, 6.45) is 2.64. The van der Waals surface area contributed by atoms with Crippen molar-refractivity contribution < 1.29 is 4.79 Å². The lowest BCUT2D eigenvalue weighted by atomic mass is 9.95. The first-order chi connectivity index (χ1) is 10.5. The molecule has 0 aliphatic carbocycles. The van der Waals surface area contributed by atoms with Crippen molar-refractivity contribution in [3.8, 4) is 0 Å². The minimum atomic E-state index is -0.203. The fourth-order valence-corrected chi connectivity index (χ4v) is 3.13. The molecule has 6 nitrogen and oxygen atoms in total. The maximum Gasteiger partial charge on any atom is 0.217 e. The number of nitrogens with zero attached hydrogens (tertiary/aromatic N) is 3. The second-order valence-electron chi connectivity index (χ2n) is 6.32. The zero-order chi connectivity index (χ0) is 16.5. The average molecular weight is 439 g/mol. The summed E-state index contributed by atoms with van der Waals surface area (Å²) >= 11 is 0. The van der Waals surface area contributed by atoms with Gasteiger partial charge in [-0.2, -0.15) is 0 Å². The first-order valence-electron chi connectivity index (χ1n) is 8.45. The Labute approximate surface area is 158 Å². The van der Waals surface area contributed by atoms with Crippen LogP contribution in [0.25, 0.3) is 0 Å². The summed E-state index contributed by atoms with van der Waals surface area (Å²) < 4.78 is 0. The smallest absolute Gasteiger partial charge is 0.217 e. The standard InChI is InChI=1S/C16H33N5O.HI/c1-5-20(13(2)3)10-8-19-16(18-4)21-9-6-7-14(12-21)11-15(17)22;/h13-14H,5-12H2,1-4H3,(H2,17,22)(H,18,19);1H. The molecule has 0 bridgehead atoms. The minimum absolute atomic E-state index is 0. The molecule has 1 aliphatic rings. The SMILES string of the molecule is CCN(CCNC(=NC)N1CCCC(CC(N)=O)C1)C(C)C.I. The fraction of sp³-hybridized carbons (Fsp3) is 0.875. The lowest BCUT2D eigenvalue weighted by Gasteiger charge is -2.35. The fourth-order valence-electron chi connectivity index (χ4n) is 3.13. The number of halogens is 1. The Morgan fingerprint density at radius 3 is 2.70 bits per heavy atom. The van der Waals surface area contributed by atoms with Gasteiger partial charge >= 0.3 is 0 Å². The lowest BCUT2D eigenvalue weighted by molar-refractivity contribution is -0.119. The number of carbonyl (C=O) groups excluding carboxylic acids is 1. The van der Waals surface area contributed by atoms with Gasteiger partial charge in [0.25, 0.3) is 0 Å². The zero-order valence-corrected chi connectivity index (χ0v) is 17.4. The monoisotopic (exact) mass is 439 g/mol. The molecule has 1 saturated heterocycles. The number of nitrogens with one attached hydrogen (secondary N) is 1. The summed E-state index contributed by atoms with van der Waals surface area (Å²) in [5.74, 6) is 1.09. The number of likely N-dealkylation sites (N-methyl/N-ethyl adjacent to an activating group) is 1. The van der Waals surface area contributed by atoms with Crippen molar-refractivity contribution in [3.05, 3.63) is 0 Å². The first kappa shape index (κ1) is 22.4. The van der Waals surface area contributed by atoms with Gasteiger partial charge in [0.05, 0.1) is 0 Å². The predicted octanol–water partition coefficient (Wildman–Crippen LogP) is 1.50. The number of nitrogens with two attached hydrogens (primary N) is 1. The lowest BCUT2D eigenvalue weighted by Crippen LogP contribution is -2.49. The van der Waals surface area contributed by atoms with Gasteiger partial charge in [-0.1, -0.05) is 6.92 Å². The third-order valence-corrected chi connectivity index (χ3v) is 4.34. The van der Waals surface area contributed by atoms with Gasteiger partial charge in [0.1, 0.15) is 0 Å². The van der Waals surface area contributed by atoms with Gasteiger partial charge in [0.15, 0.2) is 5.96 Å². The van der Waals surface area contributed by atoms with Crippen molar-refractivity contribution >= 4 is 35.8 Å². The summed E-state index contributed by atoms with van der Waals surface area (Å²) in [5.41, 5.74) is 5.33. The molecule has 1 rings (SSSR count). The molecule has 136 valence electrons. The predicted molar refractivity (Wildman–Crippen MR) is 107 cm³/mol. The van der Waals surface area contributed by atoms with Gasteiger partial charge in [0, 0.05) is 45.7 Å². The Morgan fingerprint density at radius 2 is 2.17 bits per heavy atom. The number of rotatable bonds is 7. The number of amides is 1. The highest BCUT2D eigenvalue weighted by atomic mass is 127. The molecule has 1 fully saturated rings. The Hall–Kier alpha value is -0.570. The van der Waals surface area contributed by atoms with Crippen molar-refractivity contribution in [1.82, 2.24) is 15.1 Å². The van der Waals surface area contributed by atoms with Crippen LogP contribution in [0.3, 0.4) is 0 Å². The molecule has 1 amide bonds. The molecule has 1 heterocycles. The molecular formula is C16H34IN5O. The summed E-state index contributed by atoms with van der Waals surface area (Å²) in [6.45, 7) is 11.4. The van der Waals surface area contributed by atoms with E-state index < -0.39 is 0 Å². The van der Waals surface area contributed by atoms with E-state index >= 15 is 0 Å². The molecule has 0 aromatic heterocycles. The Morgan fingerprint density at radius 1 is 1.48 bits per heavy atom. The van der Waals surface area contributed by atoms with Crippen molar-refractivity contribution in [2.45, 2.75) is 46.1 Å². The van der Waals surface area contributed by atoms with Crippen molar-refractivity contribution in [2.24, 2.45) is 16.6 Å². The Balaban J connectivity index is 0.00000484. The van der Waals surface area contributed by atoms with E-state index in [-0.39, 0.29) is 29.9 Å². The molecule has 7 heteroatoms. The molecule has 1 atom stereocenters. The first-order valence-corrected chi connectivity index (χ1v) is 8.45. The third kappa shape index (κ3) is 8.19. The van der Waals surface area contributed by atoms with Gasteiger partial charge in [0.2, 0.25) is 5.91 Å². The average Bonchev–Trinajstić information content (AvgIpc) is 2.46. The molecule has 0 spiro atoms. The quantitative estimate of drug-likeness (QED) is 0.358. The van der Waals surface area contributed by atoms with E-state index in [1.54, 1.807) is 0 Å². The maximum atomic E-state index is 11.1. The van der Waals surface area contributed by atoms with E-state index in [9.17, 15) is 4.79 Å². The molecule has 23 heavy (non-hydrogen) atoms. The van der Waals surface area contributed by atoms with Gasteiger partial charge in [-0.15, -0.1) is 24.0 Å². The number of primary amides is 1. The highest BCUT2D eigenvalue weighted by molar-refractivity contribution is 14.0. The zero-order valence-electron chi connectivity index (χ0n) is 15.0. The number of hydrogen-bond donors (Lipinski definition) is 2. The van der Waals surface area contributed by atoms with Gasteiger partial charge < -0.3 is 16.0 Å². The summed E-state index contributed by atoms with van der Waals surface area (Å²) in [5, 5.41) is 3.45. The molecule has 3 N–H and O–H groups in total. The van der Waals surface area contributed by atoms with E-state index in [0.717, 1.165) is 51.5 Å². The molecule has 1 aliphatic heterocycles. The summed E-state index contributed by atoms with van der Waals surface area (Å²) in [4.78, 5) is 20.2. The van der Waals surface area contributed by atoms with Crippen LogP contribution in [0.5, 0.6) is 0 Å². The van der Waals surface area contributed by atoms with E-state index in [1.807, 2.05) is 7.05 Å². The second kappa shape index (κ2) is 11.9. The maximum absolute atomic E-state index is 11.1. The van der Waals surface area contributed by atoms with Crippen LogP contribution in [0.15, 0.2) is 4.99 Å². The number of hydrogen-bond acceptors (Lipinski definition) is 3. The van der Waals surface area contributed by atoms with Crippen LogP contribution in [-0.4, -0.2) is 67.5 Å². The van der Waals surface area contributed by atoms with Gasteiger partial charge in [-0.05, 0) is 39.2 Å². The number of carbonyl (C=O) groups is 1. The Bertz CT molecular complexity index is 375. The van der Waals surface area contributed by atoms with Gasteiger partial charge in [-0.25, -0.2) is 0 Å². The summed E-state index contributed by atoms with van der Waals surface area (Å²) in [6, 6.07) is 0.559. The number of aliphatic imine (C=N–C) groups is 1. The third-order valence-electron chi connectivity index (χ3n) is 4.34. The van der Waals surface area contributed by atoms with Crippen molar-refractivity contribution in [3.63, 3.8) is 0 Å². The Kier molecular flexibility index (Phi) is 11.6. The van der Waals surface area contributed by atoms with E-state index in [0.29, 0.717) is 18.4 Å².